The first-order chi connectivity index (χ1) is 64.6. The Hall–Kier alpha value is -5.24. The van der Waals surface area contributed by atoms with Crippen LogP contribution in [0.5, 0.6) is 0 Å². The van der Waals surface area contributed by atoms with Gasteiger partial charge in [-0.3, -0.25) is 29.0 Å². The molecule has 15 rings (SSSR count). The number of unbranched alkanes of at least 4 members (excludes halogenated alkanes) is 10. The molecule has 0 spiro atoms. The molecule has 24 heteroatoms. The van der Waals surface area contributed by atoms with Crippen LogP contribution in [-0.4, -0.2) is 209 Å². The summed E-state index contributed by atoms with van der Waals surface area (Å²) >= 11 is -1.52. The van der Waals surface area contributed by atoms with Crippen molar-refractivity contribution in [3.05, 3.63) is 128 Å². The van der Waals surface area contributed by atoms with E-state index in [1.54, 1.807) is 31.5 Å². The van der Waals surface area contributed by atoms with Gasteiger partial charge in [0.25, 0.3) is 23.6 Å². The quantitative estimate of drug-likeness (QED) is 0.0158. The largest absolute Gasteiger partial charge is 0 e. The Labute approximate surface area is 838 Å². The van der Waals surface area contributed by atoms with Crippen molar-refractivity contribution in [2.24, 2.45) is 23.7 Å². The van der Waals surface area contributed by atoms with Crippen molar-refractivity contribution in [3.8, 4) is 0 Å². The average molecular weight is 2180 g/mol. The molecule has 12 nitrogen and oxygen atoms in total. The number of fused-ring (bicyclic) bond motifs is 3. The van der Waals surface area contributed by atoms with Gasteiger partial charge in [0.15, 0.2) is 0 Å². The van der Waals surface area contributed by atoms with Crippen molar-refractivity contribution in [2.45, 2.75) is 339 Å². The molecule has 5 aliphatic rings. The molecule has 0 aromatic heterocycles. The SMILES string of the molecule is CCCCC(CCC)CN1C(=O)c2ccc3c4ccc5c6c(c[c]7c(c8[c](cc(c2c38)C1=O)[Sn]7([CH2]CCC)[CH2]CCC)c64)C(=O)N(CC(C)CCC)C5=O.CCCCC(CCC)CN1C(=O)c2ccc3c4ccc5c6c(ccc(c7c(Br)cc(c2c37)C1=O)c64)C(=O)N(CC(C)CCC)C5=O.CCC[CH2][Sn]([CH2]CCC)[CH2]CCC.CCC[CH2][Sn]([CH2]CCC)[CH2]CCC.[B]B([B])B([B])B([B])[B]. The molecule has 10 aromatic rings. The standard InChI is InChI=1S/C39H39BrN2O4.C39H38N2O4.8C4H9.B8.3Sn/c1-5-8-11-22(10-7-3)20-42-38(45)28-16-13-24-23-12-15-26-32-27(37(44)41(36(26)43)19-21(4)9-6-2)17-14-25(31(23)32)34-30(40)18-29(39(42)46)33(28)35(24)34;1-5-8-11-23(10-7-3)21-41-38(44)30-18-14-26-24-12-16-28-34-29(37(43)40(36(28)42)20-22(4)9-6-2)17-13-25(32(24)34)27-15-19-31(39(41)45)35(30)33(26)27;8*1-3-4-2;1-6(2)8(5)7(3)4;;;/h12-18,21-22H,5-11,19-20H2,1-4H3;12,14,16-19,22-23H,5-11,20-21H2,1-4H3;8*1,3-4H2,2H3;;;;. The molecule has 4 atom stereocenters. The van der Waals surface area contributed by atoms with Gasteiger partial charge in [0.05, 0.1) is 0 Å². The molecule has 0 fully saturated rings. The Morgan fingerprint density at radius 3 is 0.828 bits per heavy atom. The van der Waals surface area contributed by atoms with Crippen molar-refractivity contribution < 1.29 is 38.4 Å². The second-order valence-electron chi connectivity index (χ2n) is 40.2. The molecular formula is C110H149B8BrN4O8Sn3. The van der Waals surface area contributed by atoms with Crippen molar-refractivity contribution in [1.82, 2.24) is 19.6 Å². The molecule has 8 amide bonds. The number of hydrogen-bond acceptors (Lipinski definition) is 8. The van der Waals surface area contributed by atoms with Crippen LogP contribution in [0.3, 0.4) is 0 Å². The number of halogens is 1. The third-order valence-corrected chi connectivity index (χ3v) is 63.6. The summed E-state index contributed by atoms with van der Waals surface area (Å²) < 4.78 is 15.8. The van der Waals surface area contributed by atoms with Crippen LogP contribution in [0.1, 0.15) is 386 Å². The van der Waals surface area contributed by atoms with Crippen molar-refractivity contribution in [1.29, 1.82) is 0 Å². The maximum absolute atomic E-state index is 14.9. The van der Waals surface area contributed by atoms with Gasteiger partial charge in [-0.25, -0.2) is 0 Å². The number of benzene rings is 10. The number of amides is 8. The number of carbonyl (C=O) groups is 8. The van der Waals surface area contributed by atoms with Gasteiger partial charge in [-0.1, -0.05) is 87.5 Å². The molecule has 12 radical (unpaired) electrons. The zero-order chi connectivity index (χ0) is 97.1. The summed E-state index contributed by atoms with van der Waals surface area (Å²) in [5.74, 6) is -0.672. The second kappa shape index (κ2) is 51.4. The predicted octanol–water partition coefficient (Wildman–Crippen LogP) is 26.9. The fourth-order valence-electron chi connectivity index (χ4n) is 22.5. The summed E-state index contributed by atoms with van der Waals surface area (Å²) in [6.07, 6.45) is 34.5. The van der Waals surface area contributed by atoms with E-state index in [0.29, 0.717) is 81.5 Å². The molecule has 0 aliphatic carbocycles. The third-order valence-electron chi connectivity index (χ3n) is 29.8. The molecule has 10 aromatic carbocycles. The van der Waals surface area contributed by atoms with Gasteiger partial charge < -0.3 is 0 Å². The number of nitrogens with zero attached hydrogens (tertiary/aromatic N) is 4. The number of hydrogen-bond donors (Lipinski definition) is 0. The Morgan fingerprint density at radius 1 is 0.284 bits per heavy atom. The van der Waals surface area contributed by atoms with Crippen LogP contribution in [0, 0.1) is 23.7 Å². The summed E-state index contributed by atoms with van der Waals surface area (Å²) in [5, 5.41) is 14.8. The topological polar surface area (TPSA) is 150 Å². The third kappa shape index (κ3) is 23.2. The van der Waals surface area contributed by atoms with Crippen LogP contribution in [0.2, 0.25) is 35.5 Å². The maximum atomic E-state index is 14.9. The molecule has 5 heterocycles. The van der Waals surface area contributed by atoms with Crippen molar-refractivity contribution in [2.75, 3.05) is 26.2 Å². The van der Waals surface area contributed by atoms with Gasteiger partial charge in [0, 0.05) is 119 Å². The molecule has 0 saturated carbocycles. The van der Waals surface area contributed by atoms with E-state index in [2.05, 4.69) is 151 Å². The Morgan fingerprint density at radius 2 is 0.545 bits per heavy atom. The van der Waals surface area contributed by atoms with Gasteiger partial charge in [-0.15, -0.1) is 0 Å². The minimum absolute atomic E-state index is 0.144. The summed E-state index contributed by atoms with van der Waals surface area (Å²) in [6, 6.07) is 25.9. The molecule has 134 heavy (non-hydrogen) atoms. The molecule has 0 bridgehead atoms. The fourth-order valence-corrected chi connectivity index (χ4v) is 58.7. The maximum Gasteiger partial charge on any atom is 0 e. The minimum Gasteiger partial charge on any atom is 0 e. The Kier molecular flexibility index (Phi) is 41.9. The van der Waals surface area contributed by atoms with Crippen LogP contribution in [0.25, 0.3) is 86.2 Å². The van der Waals surface area contributed by atoms with E-state index >= 15 is 0 Å². The van der Waals surface area contributed by atoms with E-state index in [0.717, 1.165) is 194 Å². The van der Waals surface area contributed by atoms with Gasteiger partial charge >= 0.3 is 511 Å². The van der Waals surface area contributed by atoms with Gasteiger partial charge in [-0.2, -0.15) is 0 Å². The first-order valence-electron chi connectivity index (χ1n) is 52.7. The fraction of sp³-hybridized carbons (Fsp3) is 0.564. The van der Waals surface area contributed by atoms with E-state index in [1.165, 1.54) is 110 Å². The molecular weight excluding hydrogens is 2030 g/mol. The smallest absolute Gasteiger partial charge is 0 e. The van der Waals surface area contributed by atoms with Crippen LogP contribution < -0.4 is 7.16 Å². The Balaban J connectivity index is 0.000000193. The van der Waals surface area contributed by atoms with Crippen LogP contribution in [0.15, 0.2) is 83.3 Å². The van der Waals surface area contributed by atoms with E-state index in [9.17, 15) is 38.4 Å². The number of rotatable bonds is 48. The molecule has 0 N–H and O–H groups in total. The normalized spacial score (nSPS) is 15.1. The van der Waals surface area contributed by atoms with Gasteiger partial charge in [-0.05, 0) is 76.9 Å². The first kappa shape index (κ1) is 109. The van der Waals surface area contributed by atoms with E-state index in [4.69, 9.17) is 38.7 Å². The first-order valence-corrected chi connectivity index (χ1v) is 72.5. The van der Waals surface area contributed by atoms with Crippen LogP contribution in [0.4, 0.5) is 0 Å². The summed E-state index contributed by atoms with van der Waals surface area (Å²) in [5.41, 5.74) is 4.77. The Bertz CT molecular complexity index is 5690. The van der Waals surface area contributed by atoms with Gasteiger partial charge in [0.2, 0.25) is 0 Å². The zero-order valence-electron chi connectivity index (χ0n) is 84.6. The summed E-state index contributed by atoms with van der Waals surface area (Å²) in [7, 11) is 25.8. The van der Waals surface area contributed by atoms with E-state index in [1.807, 2.05) is 54.6 Å². The van der Waals surface area contributed by atoms with Crippen molar-refractivity contribution in [3.63, 3.8) is 0 Å². The number of carbonyl (C=O) groups excluding carboxylic acids is 8. The minimum atomic E-state index is -3.66. The molecule has 4 unspecified atom stereocenters. The zero-order valence-corrected chi connectivity index (χ0v) is 94.7. The van der Waals surface area contributed by atoms with Gasteiger partial charge in [0.1, 0.15) is 0 Å². The van der Waals surface area contributed by atoms with Crippen molar-refractivity contribution >= 4 is 272 Å². The molecule has 0 saturated heterocycles. The van der Waals surface area contributed by atoms with E-state index in [-0.39, 0.29) is 70.9 Å². The van der Waals surface area contributed by atoms with E-state index < -0.39 is 77.1 Å². The number of imide groups is 4. The monoisotopic (exact) mass is 2180 g/mol. The summed E-state index contributed by atoms with van der Waals surface area (Å²) in [6.45, 7) is 37.4. The molecule has 700 valence electrons. The van der Waals surface area contributed by atoms with Crippen LogP contribution >= 0.6 is 15.9 Å². The predicted molar refractivity (Wildman–Crippen MR) is 589 cm³/mol. The summed E-state index contributed by atoms with van der Waals surface area (Å²) in [4.78, 5) is 120. The average Bonchev–Trinajstić information content (AvgIpc) is 1.47. The molecule has 5 aliphatic heterocycles. The van der Waals surface area contributed by atoms with Crippen LogP contribution in [-0.2, 0) is 0 Å². The second-order valence-corrected chi connectivity index (χ2v) is 70.3.